The zero-order valence-corrected chi connectivity index (χ0v) is 9.91. The highest BCUT2D eigenvalue weighted by Crippen LogP contribution is 2.31. The van der Waals surface area contributed by atoms with E-state index in [0.29, 0.717) is 5.92 Å². The molecule has 0 saturated carbocycles. The molecule has 12 heavy (non-hydrogen) atoms. The van der Waals surface area contributed by atoms with Gasteiger partial charge in [-0.2, -0.15) is 0 Å². The Labute approximate surface area is 82.7 Å². The summed E-state index contributed by atoms with van der Waals surface area (Å²) in [4.78, 5) is 0.00340. The summed E-state index contributed by atoms with van der Waals surface area (Å²) in [6.45, 7) is 11.1. The minimum Gasteiger partial charge on any atom is -0.119 e. The van der Waals surface area contributed by atoms with Gasteiger partial charge >= 0.3 is 0 Å². The van der Waals surface area contributed by atoms with Gasteiger partial charge in [0.25, 0.3) is 0 Å². The Morgan fingerprint density at radius 2 is 1.75 bits per heavy atom. The lowest BCUT2D eigenvalue weighted by Crippen LogP contribution is -2.24. The van der Waals surface area contributed by atoms with Crippen molar-refractivity contribution in [3.8, 4) is 0 Å². The first-order valence-corrected chi connectivity index (χ1v) is 5.46. The minimum atomic E-state index is 0.00340. The second-order valence-corrected chi connectivity index (χ2v) is 5.35. The maximum Gasteiger partial charge on any atom is 0.0441 e. The lowest BCUT2D eigenvalue weighted by Gasteiger charge is -2.27. The van der Waals surface area contributed by atoms with E-state index >= 15 is 0 Å². The first-order chi connectivity index (χ1) is 5.40. The van der Waals surface area contributed by atoms with Crippen molar-refractivity contribution in [2.75, 3.05) is 0 Å². The summed E-state index contributed by atoms with van der Waals surface area (Å²) >= 11 is 6.37. The summed E-state index contributed by atoms with van der Waals surface area (Å²) in [6, 6.07) is 0. The second kappa shape index (κ2) is 5.11. The van der Waals surface area contributed by atoms with E-state index in [1.165, 1.54) is 12.8 Å². The van der Waals surface area contributed by atoms with Crippen LogP contribution in [-0.4, -0.2) is 4.87 Å². The standard InChI is InChI=1S/C11H23Cl/c1-6-10(4)7-8-11(5,12)9(2)3/h9-10H,6-8H2,1-5H3. The summed E-state index contributed by atoms with van der Waals surface area (Å²) in [7, 11) is 0. The lowest BCUT2D eigenvalue weighted by atomic mass is 9.88. The summed E-state index contributed by atoms with van der Waals surface area (Å²) in [5.41, 5.74) is 0. The maximum absolute atomic E-state index is 6.37. The largest absolute Gasteiger partial charge is 0.119 e. The number of hydrogen-bond acceptors (Lipinski definition) is 0. The molecule has 0 aromatic carbocycles. The molecule has 74 valence electrons. The smallest absolute Gasteiger partial charge is 0.0441 e. The predicted molar refractivity (Wildman–Crippen MR) is 57.8 cm³/mol. The van der Waals surface area contributed by atoms with Crippen molar-refractivity contribution >= 4 is 11.6 Å². The average molecular weight is 191 g/mol. The van der Waals surface area contributed by atoms with Crippen LogP contribution >= 0.6 is 11.6 Å². The molecule has 0 fully saturated rings. The van der Waals surface area contributed by atoms with Crippen LogP contribution in [0.5, 0.6) is 0 Å². The Hall–Kier alpha value is 0.290. The molecular weight excluding hydrogens is 168 g/mol. The number of halogens is 1. The third kappa shape index (κ3) is 4.35. The van der Waals surface area contributed by atoms with Crippen molar-refractivity contribution in [1.82, 2.24) is 0 Å². The molecule has 0 heterocycles. The molecule has 0 N–H and O–H groups in total. The molecule has 0 aliphatic heterocycles. The van der Waals surface area contributed by atoms with Gasteiger partial charge in [-0.1, -0.05) is 34.1 Å². The maximum atomic E-state index is 6.37. The van der Waals surface area contributed by atoms with E-state index in [-0.39, 0.29) is 4.87 Å². The minimum absolute atomic E-state index is 0.00340. The molecule has 0 amide bonds. The molecule has 0 spiro atoms. The highest BCUT2D eigenvalue weighted by Gasteiger charge is 2.24. The Bertz CT molecular complexity index is 116. The molecule has 0 aromatic heterocycles. The molecular formula is C11H23Cl. The van der Waals surface area contributed by atoms with Crippen molar-refractivity contribution < 1.29 is 0 Å². The number of hydrogen-bond donors (Lipinski definition) is 0. The van der Waals surface area contributed by atoms with Crippen molar-refractivity contribution in [1.29, 1.82) is 0 Å². The van der Waals surface area contributed by atoms with Gasteiger partial charge in [0.15, 0.2) is 0 Å². The Balaban J connectivity index is 3.75. The highest BCUT2D eigenvalue weighted by atomic mass is 35.5. The first kappa shape index (κ1) is 12.3. The highest BCUT2D eigenvalue weighted by molar-refractivity contribution is 6.23. The molecule has 0 radical (unpaired) electrons. The molecule has 0 aliphatic carbocycles. The van der Waals surface area contributed by atoms with Crippen LogP contribution in [0, 0.1) is 11.8 Å². The zero-order valence-electron chi connectivity index (χ0n) is 9.15. The Morgan fingerprint density at radius 3 is 2.08 bits per heavy atom. The van der Waals surface area contributed by atoms with Crippen molar-refractivity contribution in [2.45, 2.75) is 58.8 Å². The topological polar surface area (TPSA) is 0 Å². The van der Waals surface area contributed by atoms with E-state index in [1.54, 1.807) is 0 Å². The van der Waals surface area contributed by atoms with Gasteiger partial charge in [-0.25, -0.2) is 0 Å². The fraction of sp³-hybridized carbons (Fsp3) is 1.00. The van der Waals surface area contributed by atoms with Gasteiger partial charge in [0.1, 0.15) is 0 Å². The molecule has 2 unspecified atom stereocenters. The van der Waals surface area contributed by atoms with Gasteiger partial charge in [-0.3, -0.25) is 0 Å². The first-order valence-electron chi connectivity index (χ1n) is 5.09. The van der Waals surface area contributed by atoms with Gasteiger partial charge < -0.3 is 0 Å². The van der Waals surface area contributed by atoms with Gasteiger partial charge in [-0.05, 0) is 31.6 Å². The lowest BCUT2D eigenvalue weighted by molar-refractivity contribution is 0.375. The van der Waals surface area contributed by atoms with Crippen molar-refractivity contribution in [2.24, 2.45) is 11.8 Å². The van der Waals surface area contributed by atoms with Gasteiger partial charge in [0.05, 0.1) is 0 Å². The molecule has 2 atom stereocenters. The molecule has 1 heteroatoms. The fourth-order valence-corrected chi connectivity index (χ4v) is 1.13. The summed E-state index contributed by atoms with van der Waals surface area (Å²) < 4.78 is 0. The third-order valence-electron chi connectivity index (χ3n) is 3.03. The predicted octanol–water partition coefficient (Wildman–Crippen LogP) is 4.47. The van der Waals surface area contributed by atoms with Gasteiger partial charge in [0.2, 0.25) is 0 Å². The Morgan fingerprint density at radius 1 is 1.25 bits per heavy atom. The molecule has 0 saturated heterocycles. The molecule has 0 aromatic rings. The monoisotopic (exact) mass is 190 g/mol. The average Bonchev–Trinajstić information content (AvgIpc) is 2.00. The summed E-state index contributed by atoms with van der Waals surface area (Å²) in [6.07, 6.45) is 3.67. The van der Waals surface area contributed by atoms with E-state index in [9.17, 15) is 0 Å². The Kier molecular flexibility index (Phi) is 5.24. The van der Waals surface area contributed by atoms with E-state index in [0.717, 1.165) is 12.3 Å². The van der Waals surface area contributed by atoms with Crippen LogP contribution in [0.4, 0.5) is 0 Å². The molecule has 0 aliphatic rings. The van der Waals surface area contributed by atoms with E-state index in [1.807, 2.05) is 0 Å². The van der Waals surface area contributed by atoms with E-state index < -0.39 is 0 Å². The molecule has 0 bridgehead atoms. The molecule has 0 nitrogen and oxygen atoms in total. The van der Waals surface area contributed by atoms with Crippen LogP contribution in [0.1, 0.15) is 53.9 Å². The fourth-order valence-electron chi connectivity index (χ4n) is 1.02. The van der Waals surface area contributed by atoms with Crippen molar-refractivity contribution in [3.63, 3.8) is 0 Å². The van der Waals surface area contributed by atoms with Gasteiger partial charge in [0, 0.05) is 4.87 Å². The number of rotatable bonds is 5. The van der Waals surface area contributed by atoms with E-state index in [4.69, 9.17) is 11.6 Å². The second-order valence-electron chi connectivity index (χ2n) is 4.48. The SMILES string of the molecule is CCC(C)CCC(C)(Cl)C(C)C. The third-order valence-corrected chi connectivity index (χ3v) is 3.65. The number of alkyl halides is 1. The van der Waals surface area contributed by atoms with Crippen LogP contribution in [-0.2, 0) is 0 Å². The summed E-state index contributed by atoms with van der Waals surface area (Å²) in [5, 5.41) is 0. The normalized spacial score (nSPS) is 19.2. The van der Waals surface area contributed by atoms with Crippen LogP contribution in [0.25, 0.3) is 0 Å². The van der Waals surface area contributed by atoms with Crippen LogP contribution in [0.2, 0.25) is 0 Å². The van der Waals surface area contributed by atoms with Crippen molar-refractivity contribution in [3.05, 3.63) is 0 Å². The summed E-state index contributed by atoms with van der Waals surface area (Å²) in [5.74, 6) is 1.39. The van der Waals surface area contributed by atoms with Crippen LogP contribution in [0.3, 0.4) is 0 Å². The van der Waals surface area contributed by atoms with E-state index in [2.05, 4.69) is 34.6 Å². The van der Waals surface area contributed by atoms with Gasteiger partial charge in [-0.15, -0.1) is 11.6 Å². The van der Waals surface area contributed by atoms with Crippen LogP contribution < -0.4 is 0 Å². The zero-order chi connectivity index (χ0) is 9.78. The quantitative estimate of drug-likeness (QED) is 0.562. The molecule has 0 rings (SSSR count). The van der Waals surface area contributed by atoms with Crippen LogP contribution in [0.15, 0.2) is 0 Å².